The molecule has 0 spiro atoms. The number of ether oxygens (including phenoxy) is 1. The molecule has 2 rings (SSSR count). The smallest absolute Gasteiger partial charge is 0.297 e. The van der Waals surface area contributed by atoms with Gasteiger partial charge in [0.05, 0.1) is 18.6 Å². The van der Waals surface area contributed by atoms with E-state index in [0.717, 1.165) is 5.56 Å². The predicted molar refractivity (Wildman–Crippen MR) is 71.4 cm³/mol. The van der Waals surface area contributed by atoms with Crippen LogP contribution in [-0.4, -0.2) is 15.5 Å². The molecular weight excluding hydrogens is 264 g/mol. The van der Waals surface area contributed by atoms with Gasteiger partial charge in [-0.15, -0.1) is 0 Å². The molecular formula is C14H14O4S. The van der Waals surface area contributed by atoms with Gasteiger partial charge in [-0.1, -0.05) is 30.3 Å². The number of methoxy groups -OCH3 is 1. The van der Waals surface area contributed by atoms with Gasteiger partial charge in [-0.05, 0) is 29.8 Å². The van der Waals surface area contributed by atoms with Crippen molar-refractivity contribution in [3.8, 4) is 5.75 Å². The molecule has 0 aliphatic carbocycles. The molecule has 100 valence electrons. The molecule has 2 aromatic rings. The summed E-state index contributed by atoms with van der Waals surface area (Å²) in [5.74, 6) is 0.599. The van der Waals surface area contributed by atoms with E-state index < -0.39 is 10.1 Å². The molecule has 5 heteroatoms. The van der Waals surface area contributed by atoms with E-state index >= 15 is 0 Å². The first-order chi connectivity index (χ1) is 9.12. The van der Waals surface area contributed by atoms with E-state index in [9.17, 15) is 8.42 Å². The van der Waals surface area contributed by atoms with Crippen molar-refractivity contribution in [2.24, 2.45) is 0 Å². The van der Waals surface area contributed by atoms with E-state index in [1.807, 2.05) is 30.3 Å². The first kappa shape index (κ1) is 13.6. The molecule has 0 saturated heterocycles. The van der Waals surface area contributed by atoms with Gasteiger partial charge in [-0.2, -0.15) is 8.42 Å². The Balaban J connectivity index is 2.09. The lowest BCUT2D eigenvalue weighted by molar-refractivity contribution is 0.308. The van der Waals surface area contributed by atoms with Crippen LogP contribution in [0.5, 0.6) is 5.75 Å². The summed E-state index contributed by atoms with van der Waals surface area (Å²) >= 11 is 0. The average molecular weight is 278 g/mol. The lowest BCUT2D eigenvalue weighted by Crippen LogP contribution is -2.06. The van der Waals surface area contributed by atoms with Crippen LogP contribution in [0, 0.1) is 0 Å². The lowest BCUT2D eigenvalue weighted by Gasteiger charge is -2.06. The maximum Gasteiger partial charge on any atom is 0.297 e. The number of hydrogen-bond acceptors (Lipinski definition) is 4. The zero-order chi connectivity index (χ0) is 13.7. The zero-order valence-electron chi connectivity index (χ0n) is 10.4. The summed E-state index contributed by atoms with van der Waals surface area (Å²) in [6.45, 7) is 0.0230. The van der Waals surface area contributed by atoms with Gasteiger partial charge in [0, 0.05) is 0 Å². The Labute approximate surface area is 112 Å². The first-order valence-corrected chi connectivity index (χ1v) is 7.10. The predicted octanol–water partition coefficient (Wildman–Crippen LogP) is 2.60. The van der Waals surface area contributed by atoms with Crippen LogP contribution in [-0.2, 0) is 20.9 Å². The molecule has 0 fully saturated rings. The average Bonchev–Trinajstić information content (AvgIpc) is 2.46. The van der Waals surface area contributed by atoms with E-state index in [1.54, 1.807) is 12.1 Å². The molecule has 0 radical (unpaired) electrons. The minimum absolute atomic E-state index is 0.0230. The van der Waals surface area contributed by atoms with Crippen molar-refractivity contribution < 1.29 is 17.3 Å². The van der Waals surface area contributed by atoms with Crippen LogP contribution in [0.25, 0.3) is 0 Å². The Morgan fingerprint density at radius 3 is 2.16 bits per heavy atom. The first-order valence-electron chi connectivity index (χ1n) is 5.69. The number of rotatable bonds is 5. The molecule has 0 atom stereocenters. The largest absolute Gasteiger partial charge is 0.497 e. The Morgan fingerprint density at radius 2 is 1.58 bits per heavy atom. The monoisotopic (exact) mass is 278 g/mol. The van der Waals surface area contributed by atoms with Gasteiger partial charge < -0.3 is 4.74 Å². The van der Waals surface area contributed by atoms with Gasteiger partial charge in [0.25, 0.3) is 10.1 Å². The molecule has 0 saturated carbocycles. The van der Waals surface area contributed by atoms with Crippen molar-refractivity contribution in [1.82, 2.24) is 0 Å². The molecule has 0 aliphatic rings. The van der Waals surface area contributed by atoms with Crippen LogP contribution in [0.15, 0.2) is 59.5 Å². The summed E-state index contributed by atoms with van der Waals surface area (Å²) in [5.41, 5.74) is 0.805. The summed E-state index contributed by atoms with van der Waals surface area (Å²) in [6, 6.07) is 15.2. The normalized spacial score (nSPS) is 11.2. The summed E-state index contributed by atoms with van der Waals surface area (Å²) < 4.78 is 33.9. The van der Waals surface area contributed by atoms with E-state index in [4.69, 9.17) is 8.92 Å². The van der Waals surface area contributed by atoms with Crippen LogP contribution in [0.1, 0.15) is 5.56 Å². The van der Waals surface area contributed by atoms with E-state index in [2.05, 4.69) is 0 Å². The third kappa shape index (κ3) is 3.56. The molecule has 0 heterocycles. The topological polar surface area (TPSA) is 52.6 Å². The van der Waals surface area contributed by atoms with Gasteiger partial charge in [-0.25, -0.2) is 0 Å². The SMILES string of the molecule is COc1ccc(S(=O)(=O)OCc2ccccc2)cc1. The number of hydrogen-bond donors (Lipinski definition) is 0. The summed E-state index contributed by atoms with van der Waals surface area (Å²) in [7, 11) is -2.22. The van der Waals surface area contributed by atoms with Crippen molar-refractivity contribution in [2.45, 2.75) is 11.5 Å². The van der Waals surface area contributed by atoms with E-state index in [1.165, 1.54) is 19.2 Å². The van der Waals surface area contributed by atoms with Gasteiger partial charge in [0.2, 0.25) is 0 Å². The minimum atomic E-state index is -3.74. The van der Waals surface area contributed by atoms with Crippen LogP contribution in [0.4, 0.5) is 0 Å². The van der Waals surface area contributed by atoms with Crippen LogP contribution >= 0.6 is 0 Å². The second kappa shape index (κ2) is 5.86. The van der Waals surface area contributed by atoms with Crippen LogP contribution < -0.4 is 4.74 Å². The third-order valence-electron chi connectivity index (χ3n) is 2.57. The standard InChI is InChI=1S/C14H14O4S/c1-17-13-7-9-14(10-8-13)19(15,16)18-11-12-5-3-2-4-6-12/h2-10H,11H2,1H3. The van der Waals surface area contributed by atoms with Gasteiger partial charge >= 0.3 is 0 Å². The molecule has 19 heavy (non-hydrogen) atoms. The second-order valence-corrected chi connectivity index (χ2v) is 5.49. The number of benzene rings is 2. The highest BCUT2D eigenvalue weighted by molar-refractivity contribution is 7.86. The minimum Gasteiger partial charge on any atom is -0.497 e. The fraction of sp³-hybridized carbons (Fsp3) is 0.143. The van der Waals surface area contributed by atoms with Crippen molar-refractivity contribution in [2.75, 3.05) is 7.11 Å². The Hall–Kier alpha value is -1.85. The highest BCUT2D eigenvalue weighted by Crippen LogP contribution is 2.18. The molecule has 2 aromatic carbocycles. The maximum atomic E-state index is 11.9. The third-order valence-corrected chi connectivity index (χ3v) is 3.85. The molecule has 0 unspecified atom stereocenters. The van der Waals surface area contributed by atoms with E-state index in [-0.39, 0.29) is 11.5 Å². The van der Waals surface area contributed by atoms with E-state index in [0.29, 0.717) is 5.75 Å². The lowest BCUT2D eigenvalue weighted by atomic mass is 10.2. The molecule has 0 bridgehead atoms. The maximum absolute atomic E-state index is 11.9. The molecule has 4 nitrogen and oxygen atoms in total. The van der Waals surface area contributed by atoms with Gasteiger partial charge in [0.15, 0.2) is 0 Å². The summed E-state index contributed by atoms with van der Waals surface area (Å²) in [5, 5.41) is 0. The van der Waals surface area contributed by atoms with Crippen LogP contribution in [0.2, 0.25) is 0 Å². The second-order valence-electron chi connectivity index (χ2n) is 3.88. The van der Waals surface area contributed by atoms with Gasteiger partial charge in [0.1, 0.15) is 5.75 Å². The molecule has 0 aromatic heterocycles. The highest BCUT2D eigenvalue weighted by Gasteiger charge is 2.15. The van der Waals surface area contributed by atoms with Crippen LogP contribution in [0.3, 0.4) is 0 Å². The Bertz CT molecular complexity index is 618. The van der Waals surface area contributed by atoms with Crippen molar-refractivity contribution in [3.63, 3.8) is 0 Å². The van der Waals surface area contributed by atoms with Crippen molar-refractivity contribution in [1.29, 1.82) is 0 Å². The Kier molecular flexibility index (Phi) is 4.19. The van der Waals surface area contributed by atoms with Crippen molar-refractivity contribution >= 4 is 10.1 Å². The Morgan fingerprint density at radius 1 is 0.947 bits per heavy atom. The summed E-state index contributed by atoms with van der Waals surface area (Å²) in [4.78, 5) is 0.115. The molecule has 0 aliphatic heterocycles. The fourth-order valence-corrected chi connectivity index (χ4v) is 2.43. The quantitative estimate of drug-likeness (QED) is 0.789. The summed E-state index contributed by atoms with van der Waals surface area (Å²) in [6.07, 6.45) is 0. The molecule has 0 amide bonds. The zero-order valence-corrected chi connectivity index (χ0v) is 11.3. The van der Waals surface area contributed by atoms with Gasteiger partial charge in [-0.3, -0.25) is 4.18 Å². The fourth-order valence-electron chi connectivity index (χ4n) is 1.53. The van der Waals surface area contributed by atoms with Crippen molar-refractivity contribution in [3.05, 3.63) is 60.2 Å². The molecule has 0 N–H and O–H groups in total. The highest BCUT2D eigenvalue weighted by atomic mass is 32.2.